The van der Waals surface area contributed by atoms with Crippen LogP contribution in [0, 0.1) is 0 Å². The summed E-state index contributed by atoms with van der Waals surface area (Å²) in [5.41, 5.74) is 0. The third kappa shape index (κ3) is 4.81. The van der Waals surface area contributed by atoms with Crippen molar-refractivity contribution >= 4 is 21.6 Å². The summed E-state index contributed by atoms with van der Waals surface area (Å²) in [6.45, 7) is 2.74. The van der Waals surface area contributed by atoms with Gasteiger partial charge in [-0.15, -0.1) is 11.6 Å². The maximum Gasteiger partial charge on any atom is 0.213 e. The molecule has 0 aliphatic heterocycles. The monoisotopic (exact) mass is 229 g/mol. The highest BCUT2D eigenvalue weighted by atomic mass is 35.5. The van der Waals surface area contributed by atoms with Gasteiger partial charge in [0.2, 0.25) is 10.0 Å². The molecule has 0 aromatic heterocycles. The topological polar surface area (TPSA) is 46.6 Å². The molecule has 80 valence electrons. The minimum atomic E-state index is -3.13. The van der Waals surface area contributed by atoms with Crippen molar-refractivity contribution in [2.24, 2.45) is 0 Å². The van der Waals surface area contributed by atoms with Crippen LogP contribution in [-0.4, -0.2) is 51.2 Å². The molecule has 0 N–H and O–H groups in total. The zero-order valence-electron chi connectivity index (χ0n) is 7.99. The molecule has 0 saturated carbocycles. The Morgan fingerprint density at radius 1 is 1.38 bits per heavy atom. The van der Waals surface area contributed by atoms with Gasteiger partial charge in [-0.05, 0) is 6.92 Å². The van der Waals surface area contributed by atoms with Crippen molar-refractivity contribution < 1.29 is 13.2 Å². The largest absolute Gasteiger partial charge is 0.383 e. The summed E-state index contributed by atoms with van der Waals surface area (Å²) >= 11 is 5.49. The fraction of sp³-hybridized carbons (Fsp3) is 1.00. The first-order valence-electron chi connectivity index (χ1n) is 4.11. The van der Waals surface area contributed by atoms with E-state index < -0.39 is 10.0 Å². The minimum Gasteiger partial charge on any atom is -0.383 e. The van der Waals surface area contributed by atoms with Crippen molar-refractivity contribution in [1.29, 1.82) is 0 Å². The van der Waals surface area contributed by atoms with Crippen molar-refractivity contribution in [1.82, 2.24) is 4.31 Å². The molecule has 0 aliphatic rings. The number of hydrogen-bond acceptors (Lipinski definition) is 3. The number of ether oxygens (including phenoxy) is 1. The van der Waals surface area contributed by atoms with Crippen molar-refractivity contribution in [2.75, 3.05) is 38.4 Å². The number of nitrogens with zero attached hydrogens (tertiary/aromatic N) is 1. The molecular formula is C7H16ClNO3S. The van der Waals surface area contributed by atoms with Crippen LogP contribution in [0.5, 0.6) is 0 Å². The normalized spacial score (nSPS) is 12.3. The van der Waals surface area contributed by atoms with Crippen molar-refractivity contribution in [3.8, 4) is 0 Å². The highest BCUT2D eigenvalue weighted by Crippen LogP contribution is 2.01. The van der Waals surface area contributed by atoms with E-state index in [0.717, 1.165) is 0 Å². The number of hydrogen-bond donors (Lipinski definition) is 0. The molecule has 0 atom stereocenters. The van der Waals surface area contributed by atoms with E-state index in [9.17, 15) is 8.42 Å². The summed E-state index contributed by atoms with van der Waals surface area (Å²) in [6.07, 6.45) is 0. The maximum atomic E-state index is 11.4. The second-order valence-corrected chi connectivity index (χ2v) is 5.12. The van der Waals surface area contributed by atoms with Gasteiger partial charge >= 0.3 is 0 Å². The van der Waals surface area contributed by atoms with Gasteiger partial charge in [0.15, 0.2) is 0 Å². The fourth-order valence-electron chi connectivity index (χ4n) is 0.860. The molecule has 0 saturated heterocycles. The Kier molecular flexibility index (Phi) is 6.67. The molecule has 4 nitrogen and oxygen atoms in total. The lowest BCUT2D eigenvalue weighted by molar-refractivity contribution is 0.180. The SMILES string of the molecule is CCS(=O)(=O)N(CCCl)CCOC. The van der Waals surface area contributed by atoms with Crippen LogP contribution in [-0.2, 0) is 14.8 Å². The highest BCUT2D eigenvalue weighted by molar-refractivity contribution is 7.89. The average Bonchev–Trinajstić information content (AvgIpc) is 2.12. The number of methoxy groups -OCH3 is 1. The Morgan fingerprint density at radius 3 is 2.38 bits per heavy atom. The van der Waals surface area contributed by atoms with Gasteiger partial charge in [0.05, 0.1) is 12.4 Å². The first-order chi connectivity index (χ1) is 6.08. The number of sulfonamides is 1. The molecule has 0 bridgehead atoms. The molecule has 0 unspecified atom stereocenters. The predicted octanol–water partition coefficient (Wildman–Crippen LogP) is 0.523. The van der Waals surface area contributed by atoms with Gasteiger partial charge in [-0.3, -0.25) is 0 Å². The lowest BCUT2D eigenvalue weighted by Gasteiger charge is -2.19. The Bertz CT molecular complexity index is 218. The average molecular weight is 230 g/mol. The molecule has 0 radical (unpaired) electrons. The first kappa shape index (κ1) is 13.2. The molecule has 0 spiro atoms. The van der Waals surface area contributed by atoms with Gasteiger partial charge in [0, 0.05) is 26.1 Å². The van der Waals surface area contributed by atoms with Gasteiger partial charge in [0.25, 0.3) is 0 Å². The molecule has 0 rings (SSSR count). The van der Waals surface area contributed by atoms with Gasteiger partial charge in [-0.1, -0.05) is 0 Å². The molecule has 0 aliphatic carbocycles. The van der Waals surface area contributed by atoms with Gasteiger partial charge < -0.3 is 4.74 Å². The van der Waals surface area contributed by atoms with Crippen molar-refractivity contribution in [2.45, 2.75) is 6.92 Å². The molecule has 0 fully saturated rings. The van der Waals surface area contributed by atoms with E-state index in [-0.39, 0.29) is 5.75 Å². The molecule has 0 aromatic carbocycles. The van der Waals surface area contributed by atoms with E-state index in [2.05, 4.69) is 0 Å². The fourth-order valence-corrected chi connectivity index (χ4v) is 2.25. The number of alkyl halides is 1. The van der Waals surface area contributed by atoms with Crippen LogP contribution in [0.25, 0.3) is 0 Å². The van der Waals surface area contributed by atoms with E-state index in [4.69, 9.17) is 16.3 Å². The standard InChI is InChI=1S/C7H16ClNO3S/c1-3-13(10,11)9(5-4-8)6-7-12-2/h3-7H2,1-2H3. The van der Waals surface area contributed by atoms with E-state index in [1.165, 1.54) is 11.4 Å². The van der Waals surface area contributed by atoms with E-state index in [1.807, 2.05) is 0 Å². The quantitative estimate of drug-likeness (QED) is 0.598. The molecule has 13 heavy (non-hydrogen) atoms. The number of halogens is 1. The van der Waals surface area contributed by atoms with Gasteiger partial charge in [0.1, 0.15) is 0 Å². The Labute approximate surface area is 84.9 Å². The Hall–Kier alpha value is 0.160. The van der Waals surface area contributed by atoms with Crippen molar-refractivity contribution in [3.05, 3.63) is 0 Å². The van der Waals surface area contributed by atoms with Crippen LogP contribution < -0.4 is 0 Å². The van der Waals surface area contributed by atoms with E-state index >= 15 is 0 Å². The molecule has 6 heteroatoms. The summed E-state index contributed by atoms with van der Waals surface area (Å²) in [4.78, 5) is 0. The summed E-state index contributed by atoms with van der Waals surface area (Å²) < 4.78 is 29.0. The predicted molar refractivity (Wildman–Crippen MR) is 53.6 cm³/mol. The smallest absolute Gasteiger partial charge is 0.213 e. The zero-order valence-corrected chi connectivity index (χ0v) is 9.57. The van der Waals surface area contributed by atoms with Gasteiger partial charge in [-0.25, -0.2) is 8.42 Å². The lowest BCUT2D eigenvalue weighted by Crippen LogP contribution is -2.36. The Morgan fingerprint density at radius 2 is 2.00 bits per heavy atom. The second-order valence-electron chi connectivity index (χ2n) is 2.48. The third-order valence-electron chi connectivity index (χ3n) is 1.64. The Balaban J connectivity index is 4.23. The van der Waals surface area contributed by atoms with Crippen LogP contribution >= 0.6 is 11.6 Å². The zero-order chi connectivity index (χ0) is 10.3. The maximum absolute atomic E-state index is 11.4. The van der Waals surface area contributed by atoms with Gasteiger partial charge in [-0.2, -0.15) is 4.31 Å². The summed E-state index contributed by atoms with van der Waals surface area (Å²) in [7, 11) is -1.59. The molecule has 0 heterocycles. The summed E-state index contributed by atoms with van der Waals surface area (Å²) in [6, 6.07) is 0. The van der Waals surface area contributed by atoms with E-state index in [1.54, 1.807) is 6.92 Å². The van der Waals surface area contributed by atoms with Crippen LogP contribution in [0.4, 0.5) is 0 Å². The summed E-state index contributed by atoms with van der Waals surface area (Å²) in [5.74, 6) is 0.413. The molecule has 0 aromatic rings. The van der Waals surface area contributed by atoms with Crippen LogP contribution in [0.15, 0.2) is 0 Å². The van der Waals surface area contributed by atoms with Crippen LogP contribution in [0.3, 0.4) is 0 Å². The van der Waals surface area contributed by atoms with Crippen LogP contribution in [0.1, 0.15) is 6.92 Å². The highest BCUT2D eigenvalue weighted by Gasteiger charge is 2.18. The second kappa shape index (κ2) is 6.59. The third-order valence-corrected chi connectivity index (χ3v) is 3.69. The molecule has 0 amide bonds. The lowest BCUT2D eigenvalue weighted by atomic mass is 10.6. The summed E-state index contributed by atoms with van der Waals surface area (Å²) in [5, 5.41) is 0. The minimum absolute atomic E-state index is 0.105. The van der Waals surface area contributed by atoms with E-state index in [0.29, 0.717) is 25.6 Å². The van der Waals surface area contributed by atoms with Crippen LogP contribution in [0.2, 0.25) is 0 Å². The van der Waals surface area contributed by atoms with Crippen molar-refractivity contribution in [3.63, 3.8) is 0 Å². The molecular weight excluding hydrogens is 214 g/mol. The first-order valence-corrected chi connectivity index (χ1v) is 6.25. The number of rotatable bonds is 7.